The van der Waals surface area contributed by atoms with E-state index in [-0.39, 0.29) is 5.82 Å². The Kier molecular flexibility index (Phi) is 2.57. The smallest absolute Gasteiger partial charge is 0.123 e. The van der Waals surface area contributed by atoms with Crippen LogP contribution >= 0.6 is 0 Å². The van der Waals surface area contributed by atoms with Gasteiger partial charge in [-0.1, -0.05) is 6.07 Å². The predicted molar refractivity (Wildman–Crippen MR) is 39.8 cm³/mol. The minimum atomic E-state index is -0.246. The molecular weight excluding hydrogens is 145 g/mol. The van der Waals surface area contributed by atoms with Crippen molar-refractivity contribution in [1.29, 1.82) is 0 Å². The van der Waals surface area contributed by atoms with Crippen LogP contribution in [0, 0.1) is 12.7 Å². The predicted octanol–water partition coefficient (Wildman–Crippen LogP) is 1.61. The molecule has 0 spiro atoms. The molecule has 0 heterocycles. The Morgan fingerprint density at radius 2 is 2.27 bits per heavy atom. The van der Waals surface area contributed by atoms with Gasteiger partial charge in [0.1, 0.15) is 5.82 Å². The number of aryl methyl sites for hydroxylation is 1. The van der Waals surface area contributed by atoms with Gasteiger partial charge < -0.3 is 5.21 Å². The molecule has 60 valence electrons. The fourth-order valence-corrected chi connectivity index (χ4v) is 0.943. The van der Waals surface area contributed by atoms with Crippen LogP contribution in [0.2, 0.25) is 0 Å². The van der Waals surface area contributed by atoms with E-state index in [0.29, 0.717) is 6.54 Å². The highest BCUT2D eigenvalue weighted by molar-refractivity contribution is 5.26. The van der Waals surface area contributed by atoms with Crippen LogP contribution in [0.25, 0.3) is 0 Å². The van der Waals surface area contributed by atoms with Crippen molar-refractivity contribution in [3.05, 3.63) is 35.1 Å². The van der Waals surface area contributed by atoms with Gasteiger partial charge in [0, 0.05) is 6.54 Å². The number of hydroxylamine groups is 1. The molecule has 0 saturated carbocycles. The summed E-state index contributed by atoms with van der Waals surface area (Å²) < 4.78 is 12.5. The molecule has 0 unspecified atom stereocenters. The fraction of sp³-hybridized carbons (Fsp3) is 0.250. The van der Waals surface area contributed by atoms with Crippen molar-refractivity contribution in [2.75, 3.05) is 0 Å². The number of hydrogen-bond donors (Lipinski definition) is 2. The minimum Gasteiger partial charge on any atom is -0.316 e. The summed E-state index contributed by atoms with van der Waals surface area (Å²) in [5.41, 5.74) is 3.76. The van der Waals surface area contributed by atoms with E-state index in [2.05, 4.69) is 0 Å². The normalized spacial score (nSPS) is 10.1. The summed E-state index contributed by atoms with van der Waals surface area (Å²) in [5, 5.41) is 8.37. The number of halogens is 1. The molecule has 1 aromatic carbocycles. The van der Waals surface area contributed by atoms with Gasteiger partial charge in [0.15, 0.2) is 0 Å². The third-order valence-electron chi connectivity index (χ3n) is 1.57. The van der Waals surface area contributed by atoms with Crippen LogP contribution < -0.4 is 5.48 Å². The third-order valence-corrected chi connectivity index (χ3v) is 1.57. The van der Waals surface area contributed by atoms with Gasteiger partial charge in [-0.15, -0.1) is 0 Å². The van der Waals surface area contributed by atoms with Gasteiger partial charge in [-0.25, -0.2) is 9.87 Å². The van der Waals surface area contributed by atoms with Crippen molar-refractivity contribution in [2.24, 2.45) is 0 Å². The summed E-state index contributed by atoms with van der Waals surface area (Å²) in [6.07, 6.45) is 0. The molecule has 0 saturated heterocycles. The first-order chi connectivity index (χ1) is 5.24. The van der Waals surface area contributed by atoms with E-state index in [4.69, 9.17) is 5.21 Å². The number of rotatable bonds is 2. The first-order valence-electron chi connectivity index (χ1n) is 3.36. The van der Waals surface area contributed by atoms with Crippen LogP contribution in [0.1, 0.15) is 11.1 Å². The van der Waals surface area contributed by atoms with E-state index in [1.807, 2.05) is 5.48 Å². The molecule has 0 atom stereocenters. The molecule has 0 aliphatic carbocycles. The molecule has 0 bridgehead atoms. The maximum atomic E-state index is 12.5. The average molecular weight is 155 g/mol. The molecule has 0 aliphatic rings. The Morgan fingerprint density at radius 3 is 2.82 bits per heavy atom. The van der Waals surface area contributed by atoms with E-state index in [1.165, 1.54) is 12.1 Å². The first-order valence-corrected chi connectivity index (χ1v) is 3.36. The topological polar surface area (TPSA) is 32.3 Å². The zero-order valence-corrected chi connectivity index (χ0v) is 6.26. The second-order valence-corrected chi connectivity index (χ2v) is 2.41. The zero-order chi connectivity index (χ0) is 8.27. The number of nitrogens with one attached hydrogen (secondary N) is 1. The van der Waals surface area contributed by atoms with Crippen molar-refractivity contribution in [2.45, 2.75) is 13.5 Å². The van der Waals surface area contributed by atoms with E-state index in [1.54, 1.807) is 13.0 Å². The molecular formula is C8H10FNO. The van der Waals surface area contributed by atoms with Gasteiger partial charge in [-0.3, -0.25) is 0 Å². The summed E-state index contributed by atoms with van der Waals surface area (Å²) in [6, 6.07) is 4.46. The summed E-state index contributed by atoms with van der Waals surface area (Å²) in [4.78, 5) is 0. The van der Waals surface area contributed by atoms with Crippen LogP contribution in [-0.2, 0) is 6.54 Å². The molecule has 0 radical (unpaired) electrons. The summed E-state index contributed by atoms with van der Waals surface area (Å²) in [6.45, 7) is 2.15. The minimum absolute atomic E-state index is 0.246. The van der Waals surface area contributed by atoms with E-state index < -0.39 is 0 Å². The van der Waals surface area contributed by atoms with Crippen molar-refractivity contribution in [3.8, 4) is 0 Å². The second kappa shape index (κ2) is 3.46. The molecule has 0 aliphatic heterocycles. The van der Waals surface area contributed by atoms with Crippen LogP contribution in [-0.4, -0.2) is 5.21 Å². The molecule has 3 heteroatoms. The lowest BCUT2D eigenvalue weighted by Crippen LogP contribution is -2.07. The fourth-order valence-electron chi connectivity index (χ4n) is 0.943. The van der Waals surface area contributed by atoms with E-state index in [9.17, 15) is 4.39 Å². The molecule has 1 rings (SSSR count). The highest BCUT2D eigenvalue weighted by Crippen LogP contribution is 2.08. The Hall–Kier alpha value is -0.930. The standard InChI is InChI=1S/C8H10FNO/c1-6-4-8(9)3-2-7(6)5-10-11/h2-4,10-11H,5H2,1H3. The molecule has 1 aromatic rings. The maximum Gasteiger partial charge on any atom is 0.123 e. The second-order valence-electron chi connectivity index (χ2n) is 2.41. The Labute approximate surface area is 64.6 Å². The van der Waals surface area contributed by atoms with Crippen LogP contribution in [0.5, 0.6) is 0 Å². The summed E-state index contributed by atoms with van der Waals surface area (Å²) in [5.74, 6) is -0.246. The van der Waals surface area contributed by atoms with Crippen LogP contribution in [0.4, 0.5) is 4.39 Å². The van der Waals surface area contributed by atoms with Crippen LogP contribution in [0.15, 0.2) is 18.2 Å². The first kappa shape index (κ1) is 8.17. The van der Waals surface area contributed by atoms with E-state index in [0.717, 1.165) is 11.1 Å². The lowest BCUT2D eigenvalue weighted by Gasteiger charge is -2.02. The lowest BCUT2D eigenvalue weighted by molar-refractivity contribution is 0.161. The molecule has 2 N–H and O–H groups in total. The van der Waals surface area contributed by atoms with Gasteiger partial charge >= 0.3 is 0 Å². The molecule has 0 fully saturated rings. The largest absolute Gasteiger partial charge is 0.316 e. The molecule has 11 heavy (non-hydrogen) atoms. The third kappa shape index (κ3) is 2.00. The van der Waals surface area contributed by atoms with Gasteiger partial charge in [0.2, 0.25) is 0 Å². The van der Waals surface area contributed by atoms with Crippen molar-refractivity contribution >= 4 is 0 Å². The van der Waals surface area contributed by atoms with Crippen molar-refractivity contribution in [3.63, 3.8) is 0 Å². The zero-order valence-electron chi connectivity index (χ0n) is 6.26. The lowest BCUT2D eigenvalue weighted by atomic mass is 10.1. The quantitative estimate of drug-likeness (QED) is 0.636. The monoisotopic (exact) mass is 155 g/mol. The Bertz CT molecular complexity index is 250. The van der Waals surface area contributed by atoms with Gasteiger partial charge in [-0.2, -0.15) is 0 Å². The van der Waals surface area contributed by atoms with Crippen molar-refractivity contribution < 1.29 is 9.60 Å². The van der Waals surface area contributed by atoms with E-state index >= 15 is 0 Å². The van der Waals surface area contributed by atoms with Gasteiger partial charge in [0.05, 0.1) is 0 Å². The number of hydrogen-bond acceptors (Lipinski definition) is 2. The summed E-state index contributed by atoms with van der Waals surface area (Å²) in [7, 11) is 0. The van der Waals surface area contributed by atoms with Crippen molar-refractivity contribution in [1.82, 2.24) is 5.48 Å². The summed E-state index contributed by atoms with van der Waals surface area (Å²) >= 11 is 0. The number of benzene rings is 1. The molecule has 0 aromatic heterocycles. The Morgan fingerprint density at radius 1 is 1.55 bits per heavy atom. The van der Waals surface area contributed by atoms with Gasteiger partial charge in [0.25, 0.3) is 0 Å². The highest BCUT2D eigenvalue weighted by Gasteiger charge is 1.97. The molecule has 0 amide bonds. The SMILES string of the molecule is Cc1cc(F)ccc1CNO. The van der Waals surface area contributed by atoms with Crippen LogP contribution in [0.3, 0.4) is 0 Å². The Balaban J connectivity index is 2.90. The highest BCUT2D eigenvalue weighted by atomic mass is 19.1. The van der Waals surface area contributed by atoms with Gasteiger partial charge in [-0.05, 0) is 30.2 Å². The maximum absolute atomic E-state index is 12.5. The molecule has 2 nitrogen and oxygen atoms in total. The average Bonchev–Trinajstić information content (AvgIpc) is 1.95.